The van der Waals surface area contributed by atoms with Gasteiger partial charge in [0.15, 0.2) is 5.82 Å². The number of likely N-dealkylation sites (tertiary alicyclic amines) is 1. The lowest BCUT2D eigenvalue weighted by atomic mass is 9.99. The molecule has 3 rings (SSSR count). The molecule has 0 aliphatic carbocycles. The van der Waals surface area contributed by atoms with Gasteiger partial charge >= 0.3 is 0 Å². The summed E-state index contributed by atoms with van der Waals surface area (Å²) in [5.74, 6) is 1.33. The Kier molecular flexibility index (Phi) is 3.80. The van der Waals surface area contributed by atoms with Gasteiger partial charge in [-0.3, -0.25) is 4.90 Å². The summed E-state index contributed by atoms with van der Waals surface area (Å²) >= 11 is 0. The summed E-state index contributed by atoms with van der Waals surface area (Å²) in [6.45, 7) is 3.93. The summed E-state index contributed by atoms with van der Waals surface area (Å²) in [6.07, 6.45) is 2.07. The van der Waals surface area contributed by atoms with Crippen molar-refractivity contribution in [1.29, 1.82) is 0 Å². The molecule has 2 atom stereocenters. The van der Waals surface area contributed by atoms with Crippen molar-refractivity contribution in [2.24, 2.45) is 5.73 Å². The first-order valence-corrected chi connectivity index (χ1v) is 7.10. The summed E-state index contributed by atoms with van der Waals surface area (Å²) < 4.78 is 5.34. The molecule has 1 aliphatic rings. The molecule has 1 aliphatic heterocycles. The van der Waals surface area contributed by atoms with Crippen molar-refractivity contribution in [3.63, 3.8) is 0 Å². The Balaban J connectivity index is 1.69. The van der Waals surface area contributed by atoms with Crippen LogP contribution in [0, 0.1) is 0 Å². The van der Waals surface area contributed by atoms with Gasteiger partial charge in [-0.2, -0.15) is 4.98 Å². The Hall–Kier alpha value is -1.72. The average molecular weight is 272 g/mol. The van der Waals surface area contributed by atoms with Crippen molar-refractivity contribution in [2.75, 3.05) is 6.54 Å². The Bertz CT molecular complexity index is 554. The number of piperidine rings is 1. The van der Waals surface area contributed by atoms with Crippen molar-refractivity contribution in [3.8, 4) is 11.5 Å². The maximum absolute atomic E-state index is 5.98. The Morgan fingerprint density at radius 3 is 2.90 bits per heavy atom. The summed E-state index contributed by atoms with van der Waals surface area (Å²) in [7, 11) is 0. The minimum atomic E-state index is 0.325. The van der Waals surface area contributed by atoms with Gasteiger partial charge in [0.1, 0.15) is 0 Å². The van der Waals surface area contributed by atoms with Gasteiger partial charge in [-0.1, -0.05) is 23.4 Å². The minimum Gasteiger partial charge on any atom is -0.334 e. The third kappa shape index (κ3) is 2.89. The van der Waals surface area contributed by atoms with Crippen LogP contribution in [-0.2, 0) is 6.54 Å². The third-order valence-corrected chi connectivity index (χ3v) is 3.89. The number of hydrogen-bond donors (Lipinski definition) is 1. The van der Waals surface area contributed by atoms with Crippen molar-refractivity contribution in [2.45, 2.75) is 38.4 Å². The zero-order chi connectivity index (χ0) is 13.9. The molecule has 106 valence electrons. The Morgan fingerprint density at radius 2 is 2.15 bits per heavy atom. The zero-order valence-corrected chi connectivity index (χ0v) is 11.7. The summed E-state index contributed by atoms with van der Waals surface area (Å²) in [5.41, 5.74) is 6.94. The number of nitrogens with zero attached hydrogens (tertiary/aromatic N) is 3. The number of rotatable bonds is 3. The van der Waals surface area contributed by atoms with Crippen LogP contribution in [0.1, 0.15) is 25.6 Å². The second-order valence-electron chi connectivity index (χ2n) is 5.49. The normalized spacial score (nSPS) is 23.9. The van der Waals surface area contributed by atoms with E-state index in [1.54, 1.807) is 0 Å². The molecule has 2 heterocycles. The molecule has 0 radical (unpaired) electrons. The predicted octanol–water partition coefficient (Wildman–Crippen LogP) is 2.05. The molecule has 0 amide bonds. The number of nitrogens with two attached hydrogens (primary N) is 1. The lowest BCUT2D eigenvalue weighted by molar-refractivity contribution is 0.135. The maximum Gasteiger partial charge on any atom is 0.257 e. The molecule has 1 aromatic heterocycles. The van der Waals surface area contributed by atoms with Crippen LogP contribution in [0.5, 0.6) is 0 Å². The molecule has 1 aromatic carbocycles. The fourth-order valence-corrected chi connectivity index (χ4v) is 2.69. The van der Waals surface area contributed by atoms with Crippen molar-refractivity contribution in [1.82, 2.24) is 15.0 Å². The van der Waals surface area contributed by atoms with Gasteiger partial charge in [-0.25, -0.2) is 0 Å². The molecule has 20 heavy (non-hydrogen) atoms. The molecule has 0 spiro atoms. The molecule has 0 bridgehead atoms. The first kappa shape index (κ1) is 13.3. The highest BCUT2D eigenvalue weighted by molar-refractivity contribution is 5.51. The summed E-state index contributed by atoms with van der Waals surface area (Å²) in [5, 5.41) is 4.08. The van der Waals surface area contributed by atoms with Gasteiger partial charge in [0.05, 0.1) is 6.54 Å². The van der Waals surface area contributed by atoms with Crippen LogP contribution in [0.2, 0.25) is 0 Å². The molecule has 5 heteroatoms. The first-order valence-electron chi connectivity index (χ1n) is 7.10. The second kappa shape index (κ2) is 5.73. The Labute approximate surface area is 118 Å². The van der Waals surface area contributed by atoms with Gasteiger partial charge in [-0.05, 0) is 31.9 Å². The molecule has 2 unspecified atom stereocenters. The van der Waals surface area contributed by atoms with E-state index in [0.29, 0.717) is 18.0 Å². The zero-order valence-electron chi connectivity index (χ0n) is 11.7. The Morgan fingerprint density at radius 1 is 1.35 bits per heavy atom. The molecule has 0 saturated carbocycles. The van der Waals surface area contributed by atoms with Gasteiger partial charge < -0.3 is 10.3 Å². The standard InChI is InChI=1S/C15H20N4O/c1-11-9-13(16)7-8-19(11)10-14-17-15(20-18-14)12-5-3-2-4-6-12/h2-6,11,13H,7-10,16H2,1H3. The van der Waals surface area contributed by atoms with Gasteiger partial charge in [0.25, 0.3) is 5.89 Å². The quantitative estimate of drug-likeness (QED) is 0.926. The third-order valence-electron chi connectivity index (χ3n) is 3.89. The highest BCUT2D eigenvalue weighted by Gasteiger charge is 2.24. The van der Waals surface area contributed by atoms with Crippen molar-refractivity contribution in [3.05, 3.63) is 36.2 Å². The lowest BCUT2D eigenvalue weighted by Crippen LogP contribution is -2.45. The van der Waals surface area contributed by atoms with Crippen LogP contribution in [0.3, 0.4) is 0 Å². The average Bonchev–Trinajstić information content (AvgIpc) is 2.92. The van der Waals surface area contributed by atoms with E-state index < -0.39 is 0 Å². The molecule has 1 saturated heterocycles. The highest BCUT2D eigenvalue weighted by Crippen LogP contribution is 2.20. The molecular formula is C15H20N4O. The van der Waals surface area contributed by atoms with Gasteiger partial charge in [0, 0.05) is 24.2 Å². The van der Waals surface area contributed by atoms with Crippen LogP contribution in [-0.4, -0.2) is 33.7 Å². The fraction of sp³-hybridized carbons (Fsp3) is 0.467. The van der Waals surface area contributed by atoms with Crippen LogP contribution in [0.25, 0.3) is 11.5 Å². The van der Waals surface area contributed by atoms with E-state index in [4.69, 9.17) is 10.3 Å². The monoisotopic (exact) mass is 272 g/mol. The maximum atomic E-state index is 5.98. The molecule has 2 N–H and O–H groups in total. The van der Waals surface area contributed by atoms with Crippen LogP contribution >= 0.6 is 0 Å². The van der Waals surface area contributed by atoms with Crippen LogP contribution in [0.4, 0.5) is 0 Å². The topological polar surface area (TPSA) is 68.2 Å². The van der Waals surface area contributed by atoms with E-state index in [-0.39, 0.29) is 0 Å². The van der Waals surface area contributed by atoms with E-state index in [2.05, 4.69) is 22.0 Å². The minimum absolute atomic E-state index is 0.325. The van der Waals surface area contributed by atoms with E-state index in [9.17, 15) is 0 Å². The van der Waals surface area contributed by atoms with E-state index in [1.165, 1.54) is 0 Å². The number of aromatic nitrogens is 2. The predicted molar refractivity (Wildman–Crippen MR) is 76.8 cm³/mol. The van der Waals surface area contributed by atoms with E-state index in [0.717, 1.165) is 37.3 Å². The van der Waals surface area contributed by atoms with Crippen LogP contribution < -0.4 is 5.73 Å². The highest BCUT2D eigenvalue weighted by atomic mass is 16.5. The molecular weight excluding hydrogens is 252 g/mol. The number of benzene rings is 1. The van der Waals surface area contributed by atoms with Gasteiger partial charge in [-0.15, -0.1) is 0 Å². The van der Waals surface area contributed by atoms with Crippen LogP contribution in [0.15, 0.2) is 34.9 Å². The van der Waals surface area contributed by atoms with Gasteiger partial charge in [0.2, 0.25) is 0 Å². The second-order valence-corrected chi connectivity index (χ2v) is 5.49. The first-order chi connectivity index (χ1) is 9.72. The number of hydrogen-bond acceptors (Lipinski definition) is 5. The van der Waals surface area contributed by atoms with Crippen molar-refractivity contribution >= 4 is 0 Å². The largest absolute Gasteiger partial charge is 0.334 e. The summed E-state index contributed by atoms with van der Waals surface area (Å²) in [6, 6.07) is 10.6. The fourth-order valence-electron chi connectivity index (χ4n) is 2.69. The van der Waals surface area contributed by atoms with Crippen molar-refractivity contribution < 1.29 is 4.52 Å². The molecule has 2 aromatic rings. The summed E-state index contributed by atoms with van der Waals surface area (Å²) in [4.78, 5) is 6.84. The van der Waals surface area contributed by atoms with E-state index in [1.807, 2.05) is 30.3 Å². The molecule has 1 fully saturated rings. The SMILES string of the molecule is CC1CC(N)CCN1Cc1noc(-c2ccccc2)n1. The smallest absolute Gasteiger partial charge is 0.257 e. The lowest BCUT2D eigenvalue weighted by Gasteiger charge is -2.35. The molecule has 5 nitrogen and oxygen atoms in total. The van der Waals surface area contributed by atoms with E-state index >= 15 is 0 Å².